The number of carbonyl (C=O) groups is 1. The third kappa shape index (κ3) is 1.53. The van der Waals surface area contributed by atoms with Crippen LogP contribution in [-0.4, -0.2) is 6.29 Å². The molecule has 1 aliphatic carbocycles. The van der Waals surface area contributed by atoms with Gasteiger partial charge in [0.05, 0.1) is 5.56 Å². The molecule has 0 atom stereocenters. The van der Waals surface area contributed by atoms with Crippen LogP contribution in [0.25, 0.3) is 0 Å². The Hall–Kier alpha value is -1.05. The molecular formula is C11H14O2. The van der Waals surface area contributed by atoms with E-state index in [1.54, 1.807) is 0 Å². The standard InChI is InChI=1S/C11H14O2/c1-8-10(7-12)6-11(13-8)9-4-2-3-5-9/h6-7,9H,2-5H2,1H3. The Morgan fingerprint density at radius 3 is 2.69 bits per heavy atom. The van der Waals surface area contributed by atoms with E-state index in [0.717, 1.165) is 17.8 Å². The highest BCUT2D eigenvalue weighted by atomic mass is 16.3. The number of furan rings is 1. The fourth-order valence-corrected chi connectivity index (χ4v) is 2.05. The van der Waals surface area contributed by atoms with Crippen LogP contribution in [0.1, 0.15) is 53.5 Å². The number of aldehydes is 1. The lowest BCUT2D eigenvalue weighted by Crippen LogP contribution is -1.87. The van der Waals surface area contributed by atoms with Gasteiger partial charge in [0.25, 0.3) is 0 Å². The highest BCUT2D eigenvalue weighted by Gasteiger charge is 2.21. The van der Waals surface area contributed by atoms with Crippen LogP contribution in [0.4, 0.5) is 0 Å². The lowest BCUT2D eigenvalue weighted by atomic mass is 10.1. The molecule has 13 heavy (non-hydrogen) atoms. The third-order valence-corrected chi connectivity index (χ3v) is 2.86. The molecular weight excluding hydrogens is 164 g/mol. The molecule has 2 rings (SSSR count). The van der Waals surface area contributed by atoms with Gasteiger partial charge in [-0.25, -0.2) is 0 Å². The van der Waals surface area contributed by atoms with Gasteiger partial charge in [-0.2, -0.15) is 0 Å². The number of hydrogen-bond acceptors (Lipinski definition) is 2. The summed E-state index contributed by atoms with van der Waals surface area (Å²) in [6.45, 7) is 1.85. The van der Waals surface area contributed by atoms with E-state index < -0.39 is 0 Å². The maximum absolute atomic E-state index is 10.6. The summed E-state index contributed by atoms with van der Waals surface area (Å²) in [6.07, 6.45) is 5.88. The fourth-order valence-electron chi connectivity index (χ4n) is 2.05. The maximum Gasteiger partial charge on any atom is 0.153 e. The molecule has 1 fully saturated rings. The molecule has 1 aromatic heterocycles. The van der Waals surface area contributed by atoms with Gasteiger partial charge in [-0.3, -0.25) is 4.79 Å². The minimum Gasteiger partial charge on any atom is -0.465 e. The van der Waals surface area contributed by atoms with Crippen molar-refractivity contribution in [1.82, 2.24) is 0 Å². The van der Waals surface area contributed by atoms with Gasteiger partial charge in [0.1, 0.15) is 11.5 Å². The van der Waals surface area contributed by atoms with E-state index >= 15 is 0 Å². The Kier molecular flexibility index (Phi) is 2.21. The Morgan fingerprint density at radius 1 is 1.46 bits per heavy atom. The summed E-state index contributed by atoms with van der Waals surface area (Å²) < 4.78 is 5.56. The molecule has 70 valence electrons. The van der Waals surface area contributed by atoms with Crippen molar-refractivity contribution in [2.24, 2.45) is 0 Å². The van der Waals surface area contributed by atoms with E-state index in [0.29, 0.717) is 11.5 Å². The number of rotatable bonds is 2. The molecule has 0 unspecified atom stereocenters. The van der Waals surface area contributed by atoms with Crippen molar-refractivity contribution in [3.05, 3.63) is 23.2 Å². The zero-order valence-electron chi connectivity index (χ0n) is 7.88. The summed E-state index contributed by atoms with van der Waals surface area (Å²) >= 11 is 0. The van der Waals surface area contributed by atoms with Crippen molar-refractivity contribution in [3.63, 3.8) is 0 Å². The van der Waals surface area contributed by atoms with E-state index in [1.165, 1.54) is 25.7 Å². The van der Waals surface area contributed by atoms with Crippen molar-refractivity contribution >= 4 is 6.29 Å². The third-order valence-electron chi connectivity index (χ3n) is 2.86. The molecule has 0 radical (unpaired) electrons. The summed E-state index contributed by atoms with van der Waals surface area (Å²) in [5.41, 5.74) is 0.710. The smallest absolute Gasteiger partial charge is 0.153 e. The van der Waals surface area contributed by atoms with Crippen molar-refractivity contribution in [2.45, 2.75) is 38.5 Å². The van der Waals surface area contributed by atoms with Crippen LogP contribution in [0.15, 0.2) is 10.5 Å². The van der Waals surface area contributed by atoms with Crippen molar-refractivity contribution in [3.8, 4) is 0 Å². The number of hydrogen-bond donors (Lipinski definition) is 0. The minimum atomic E-state index is 0.562. The predicted octanol–water partition coefficient (Wildman–Crippen LogP) is 3.06. The molecule has 0 amide bonds. The van der Waals surface area contributed by atoms with Crippen LogP contribution in [0.2, 0.25) is 0 Å². The highest BCUT2D eigenvalue weighted by molar-refractivity contribution is 5.76. The molecule has 0 aliphatic heterocycles. The average molecular weight is 178 g/mol. The molecule has 0 bridgehead atoms. The zero-order valence-corrected chi connectivity index (χ0v) is 7.88. The SMILES string of the molecule is Cc1oc(C2CCCC2)cc1C=O. The normalized spacial score (nSPS) is 17.9. The predicted molar refractivity (Wildman–Crippen MR) is 50.0 cm³/mol. The summed E-state index contributed by atoms with van der Waals surface area (Å²) in [6, 6.07) is 1.90. The van der Waals surface area contributed by atoms with E-state index in [9.17, 15) is 4.79 Å². The van der Waals surface area contributed by atoms with Crippen LogP contribution in [0.5, 0.6) is 0 Å². The van der Waals surface area contributed by atoms with Crippen molar-refractivity contribution < 1.29 is 9.21 Å². The zero-order chi connectivity index (χ0) is 9.26. The summed E-state index contributed by atoms with van der Waals surface area (Å²) in [7, 11) is 0. The molecule has 1 aromatic rings. The second-order valence-electron chi connectivity index (χ2n) is 3.76. The lowest BCUT2D eigenvalue weighted by Gasteiger charge is -2.02. The van der Waals surface area contributed by atoms with E-state index in [-0.39, 0.29) is 0 Å². The minimum absolute atomic E-state index is 0.562. The quantitative estimate of drug-likeness (QED) is 0.651. The summed E-state index contributed by atoms with van der Waals surface area (Å²) in [4.78, 5) is 10.6. The Labute approximate surface area is 77.9 Å². The van der Waals surface area contributed by atoms with E-state index in [2.05, 4.69) is 0 Å². The topological polar surface area (TPSA) is 30.2 Å². The van der Waals surface area contributed by atoms with Crippen molar-refractivity contribution in [1.29, 1.82) is 0 Å². The van der Waals surface area contributed by atoms with Crippen LogP contribution >= 0.6 is 0 Å². The molecule has 1 heterocycles. The number of aryl methyl sites for hydroxylation is 1. The van der Waals surface area contributed by atoms with E-state index in [1.807, 2.05) is 13.0 Å². The van der Waals surface area contributed by atoms with Gasteiger partial charge in [0.2, 0.25) is 0 Å². The monoisotopic (exact) mass is 178 g/mol. The van der Waals surface area contributed by atoms with Crippen LogP contribution in [0.3, 0.4) is 0 Å². The second-order valence-corrected chi connectivity index (χ2v) is 3.76. The van der Waals surface area contributed by atoms with Gasteiger partial charge in [0, 0.05) is 5.92 Å². The average Bonchev–Trinajstić information content (AvgIpc) is 2.71. The Morgan fingerprint density at radius 2 is 2.15 bits per heavy atom. The van der Waals surface area contributed by atoms with Gasteiger partial charge >= 0.3 is 0 Å². The first kappa shape index (κ1) is 8.54. The second kappa shape index (κ2) is 3.36. The van der Waals surface area contributed by atoms with Gasteiger partial charge in [-0.15, -0.1) is 0 Å². The Balaban J connectivity index is 2.24. The molecule has 2 heteroatoms. The van der Waals surface area contributed by atoms with Crippen LogP contribution in [-0.2, 0) is 0 Å². The fraction of sp³-hybridized carbons (Fsp3) is 0.545. The maximum atomic E-state index is 10.6. The lowest BCUT2D eigenvalue weighted by molar-refractivity contribution is 0.112. The first-order valence-electron chi connectivity index (χ1n) is 4.87. The molecule has 1 aliphatic rings. The van der Waals surface area contributed by atoms with Crippen LogP contribution in [0, 0.1) is 6.92 Å². The molecule has 0 N–H and O–H groups in total. The van der Waals surface area contributed by atoms with Gasteiger partial charge in [-0.05, 0) is 25.8 Å². The van der Waals surface area contributed by atoms with Gasteiger partial charge in [0.15, 0.2) is 6.29 Å². The highest BCUT2D eigenvalue weighted by Crippen LogP contribution is 2.35. The van der Waals surface area contributed by atoms with Crippen molar-refractivity contribution in [2.75, 3.05) is 0 Å². The largest absolute Gasteiger partial charge is 0.465 e. The molecule has 0 saturated heterocycles. The summed E-state index contributed by atoms with van der Waals surface area (Å²) in [5, 5.41) is 0. The van der Waals surface area contributed by atoms with E-state index in [4.69, 9.17) is 4.42 Å². The molecule has 2 nitrogen and oxygen atoms in total. The number of carbonyl (C=O) groups excluding carboxylic acids is 1. The summed E-state index contributed by atoms with van der Waals surface area (Å²) in [5.74, 6) is 2.33. The van der Waals surface area contributed by atoms with Crippen LogP contribution < -0.4 is 0 Å². The van der Waals surface area contributed by atoms with Gasteiger partial charge in [-0.1, -0.05) is 12.8 Å². The Bertz CT molecular complexity index is 306. The molecule has 0 spiro atoms. The molecule has 1 saturated carbocycles. The molecule has 0 aromatic carbocycles. The first-order chi connectivity index (χ1) is 6.31. The first-order valence-corrected chi connectivity index (χ1v) is 4.87. The van der Waals surface area contributed by atoms with Gasteiger partial charge < -0.3 is 4.42 Å².